The molecule has 1 aliphatic carbocycles. The van der Waals surface area contributed by atoms with Crippen LogP contribution >= 0.6 is 11.6 Å². The summed E-state index contributed by atoms with van der Waals surface area (Å²) >= 11 is 5.84. The molecule has 3 aromatic rings. The Morgan fingerprint density at radius 2 is 2.06 bits per heavy atom. The molecule has 9 heteroatoms. The maximum absolute atomic E-state index is 14.2. The van der Waals surface area contributed by atoms with Crippen LogP contribution in [0, 0.1) is 11.7 Å². The Morgan fingerprint density at radius 3 is 2.85 bits per heavy atom. The molecular weight excluding hydrogens is 459 g/mol. The lowest BCUT2D eigenvalue weighted by Gasteiger charge is -2.34. The predicted octanol–water partition coefficient (Wildman–Crippen LogP) is 3.73. The molecule has 1 N–H and O–H groups in total. The number of aromatic nitrogens is 2. The largest absolute Gasteiger partial charge is 0.350 e. The number of halogens is 2. The SMILES string of the molecule is CC(=O)c1cn(CC(=O)N2C3CCC(C3)[C@H]2C(=O)NCc2cccc(Cl)c2F)c2ccncc12. The summed E-state index contributed by atoms with van der Waals surface area (Å²) in [5.41, 5.74) is 1.55. The number of rotatable bonds is 6. The number of likely N-dealkylation sites (tertiary alicyclic amines) is 1. The van der Waals surface area contributed by atoms with Gasteiger partial charge < -0.3 is 14.8 Å². The van der Waals surface area contributed by atoms with Crippen molar-refractivity contribution in [2.45, 2.75) is 51.4 Å². The fourth-order valence-electron chi connectivity index (χ4n) is 5.44. The van der Waals surface area contributed by atoms with Gasteiger partial charge in [0.2, 0.25) is 11.8 Å². The van der Waals surface area contributed by atoms with Gasteiger partial charge >= 0.3 is 0 Å². The van der Waals surface area contributed by atoms with E-state index in [0.717, 1.165) is 24.8 Å². The van der Waals surface area contributed by atoms with E-state index >= 15 is 0 Å². The average Bonchev–Trinajstić information content (AvgIpc) is 3.53. The van der Waals surface area contributed by atoms with Gasteiger partial charge in [-0.3, -0.25) is 19.4 Å². The Bertz CT molecular complexity index is 1310. The fraction of sp³-hybridized carbons (Fsp3) is 0.360. The topological polar surface area (TPSA) is 84.3 Å². The van der Waals surface area contributed by atoms with E-state index in [1.165, 1.54) is 13.0 Å². The van der Waals surface area contributed by atoms with Crippen LogP contribution in [0.5, 0.6) is 0 Å². The Kier molecular flexibility index (Phi) is 5.85. The van der Waals surface area contributed by atoms with E-state index < -0.39 is 11.9 Å². The molecule has 1 aromatic carbocycles. The Morgan fingerprint density at radius 1 is 1.24 bits per heavy atom. The first-order valence-corrected chi connectivity index (χ1v) is 11.7. The van der Waals surface area contributed by atoms with Gasteiger partial charge in [-0.15, -0.1) is 0 Å². The number of carbonyl (C=O) groups is 3. The highest BCUT2D eigenvalue weighted by Crippen LogP contribution is 2.42. The van der Waals surface area contributed by atoms with E-state index in [1.807, 2.05) is 0 Å². The van der Waals surface area contributed by atoms with Crippen molar-refractivity contribution >= 4 is 40.1 Å². The molecule has 2 aliphatic rings. The minimum absolute atomic E-state index is 0.00163. The zero-order valence-corrected chi connectivity index (χ0v) is 19.4. The van der Waals surface area contributed by atoms with Crippen LogP contribution in [-0.2, 0) is 22.7 Å². The number of hydrogen-bond donors (Lipinski definition) is 1. The van der Waals surface area contributed by atoms with E-state index in [0.29, 0.717) is 16.5 Å². The van der Waals surface area contributed by atoms with Crippen LogP contribution in [0.4, 0.5) is 4.39 Å². The summed E-state index contributed by atoms with van der Waals surface area (Å²) in [5, 5.41) is 3.50. The summed E-state index contributed by atoms with van der Waals surface area (Å²) in [5.74, 6) is -1.04. The minimum atomic E-state index is -0.593. The third kappa shape index (κ3) is 3.86. The van der Waals surface area contributed by atoms with Crippen LogP contribution < -0.4 is 5.32 Å². The van der Waals surface area contributed by atoms with E-state index in [9.17, 15) is 18.8 Å². The van der Waals surface area contributed by atoms with Gasteiger partial charge in [-0.25, -0.2) is 4.39 Å². The molecule has 34 heavy (non-hydrogen) atoms. The second-order valence-electron chi connectivity index (χ2n) is 9.02. The van der Waals surface area contributed by atoms with Gasteiger partial charge in [0, 0.05) is 47.7 Å². The Labute approximate surface area is 200 Å². The third-order valence-corrected chi connectivity index (χ3v) is 7.29. The number of amides is 2. The zero-order chi connectivity index (χ0) is 24.0. The standard InChI is InChI=1S/C25H24ClFN4O3/c1-14(32)19-12-30(21-7-8-28-11-18(19)21)13-22(33)31-17-6-5-15(9-17)24(31)25(34)29-10-16-3-2-4-20(26)23(16)27/h2-4,7-8,11-12,15,17,24H,5-6,9-10,13H2,1H3,(H,29,34)/t15?,17?,24-/m0/s1. The molecule has 2 fully saturated rings. The molecule has 1 aliphatic heterocycles. The van der Waals surface area contributed by atoms with Crippen molar-refractivity contribution in [2.75, 3.05) is 0 Å². The molecule has 1 saturated carbocycles. The number of fused-ring (bicyclic) bond motifs is 3. The van der Waals surface area contributed by atoms with Crippen molar-refractivity contribution in [3.8, 4) is 0 Å². The van der Waals surface area contributed by atoms with Gasteiger partial charge in [0.15, 0.2) is 5.78 Å². The van der Waals surface area contributed by atoms with E-state index in [1.54, 1.807) is 46.3 Å². The van der Waals surface area contributed by atoms with Crippen molar-refractivity contribution in [3.63, 3.8) is 0 Å². The highest BCUT2D eigenvalue weighted by atomic mass is 35.5. The second-order valence-corrected chi connectivity index (χ2v) is 9.43. The zero-order valence-electron chi connectivity index (χ0n) is 18.6. The maximum atomic E-state index is 14.2. The molecule has 7 nitrogen and oxygen atoms in total. The van der Waals surface area contributed by atoms with Crippen LogP contribution in [-0.4, -0.2) is 44.1 Å². The quantitative estimate of drug-likeness (QED) is 0.543. The number of hydrogen-bond acceptors (Lipinski definition) is 4. The monoisotopic (exact) mass is 482 g/mol. The first-order chi connectivity index (χ1) is 16.3. The lowest BCUT2D eigenvalue weighted by molar-refractivity contribution is -0.143. The number of ketones is 1. The maximum Gasteiger partial charge on any atom is 0.243 e. The summed E-state index contributed by atoms with van der Waals surface area (Å²) in [6.07, 6.45) is 7.44. The highest BCUT2D eigenvalue weighted by molar-refractivity contribution is 6.30. The first kappa shape index (κ1) is 22.5. The number of benzene rings is 1. The average molecular weight is 483 g/mol. The van der Waals surface area contributed by atoms with Crippen molar-refractivity contribution in [3.05, 3.63) is 64.8 Å². The Balaban J connectivity index is 1.36. The molecule has 5 rings (SSSR count). The molecular formula is C25H24ClFN4O3. The first-order valence-electron chi connectivity index (χ1n) is 11.3. The van der Waals surface area contributed by atoms with Gasteiger partial charge in [-0.1, -0.05) is 23.7 Å². The predicted molar refractivity (Wildman–Crippen MR) is 125 cm³/mol. The summed E-state index contributed by atoms with van der Waals surface area (Å²) in [6, 6.07) is 5.85. The third-order valence-electron chi connectivity index (χ3n) is 6.99. The molecule has 3 atom stereocenters. The number of Topliss-reactive ketones (excluding diaryl/α,β-unsaturated/α-hetero) is 1. The highest BCUT2D eigenvalue weighted by Gasteiger charge is 2.51. The second kappa shape index (κ2) is 8.83. The summed E-state index contributed by atoms with van der Waals surface area (Å²) in [4.78, 5) is 44.5. The summed E-state index contributed by atoms with van der Waals surface area (Å²) in [7, 11) is 0. The minimum Gasteiger partial charge on any atom is -0.350 e. The summed E-state index contributed by atoms with van der Waals surface area (Å²) < 4.78 is 16.0. The van der Waals surface area contributed by atoms with Gasteiger partial charge in [0.1, 0.15) is 18.4 Å². The normalized spacial score (nSPS) is 21.3. The van der Waals surface area contributed by atoms with Crippen LogP contribution in [0.2, 0.25) is 5.02 Å². The van der Waals surface area contributed by atoms with Gasteiger partial charge in [-0.05, 0) is 44.2 Å². The number of piperidine rings is 1. The van der Waals surface area contributed by atoms with E-state index in [4.69, 9.17) is 11.6 Å². The molecule has 2 bridgehead atoms. The van der Waals surface area contributed by atoms with E-state index in [-0.39, 0.29) is 47.7 Å². The van der Waals surface area contributed by atoms with Crippen molar-refractivity contribution < 1.29 is 18.8 Å². The number of nitrogens with zero attached hydrogens (tertiary/aromatic N) is 3. The fourth-order valence-corrected chi connectivity index (χ4v) is 5.63. The molecule has 2 unspecified atom stereocenters. The molecule has 0 spiro atoms. The van der Waals surface area contributed by atoms with Gasteiger partial charge in [0.25, 0.3) is 0 Å². The molecule has 0 radical (unpaired) electrons. The van der Waals surface area contributed by atoms with Gasteiger partial charge in [-0.2, -0.15) is 0 Å². The van der Waals surface area contributed by atoms with Crippen LogP contribution in [0.3, 0.4) is 0 Å². The number of nitrogens with one attached hydrogen (secondary N) is 1. The smallest absolute Gasteiger partial charge is 0.243 e. The van der Waals surface area contributed by atoms with Crippen molar-refractivity contribution in [1.82, 2.24) is 19.8 Å². The van der Waals surface area contributed by atoms with Crippen molar-refractivity contribution in [2.24, 2.45) is 5.92 Å². The number of carbonyl (C=O) groups excluding carboxylic acids is 3. The van der Waals surface area contributed by atoms with E-state index in [2.05, 4.69) is 10.3 Å². The van der Waals surface area contributed by atoms with Crippen molar-refractivity contribution in [1.29, 1.82) is 0 Å². The summed E-state index contributed by atoms with van der Waals surface area (Å²) in [6.45, 7) is 1.50. The molecule has 2 aromatic heterocycles. The Hall–Kier alpha value is -3.26. The molecule has 2 amide bonds. The number of pyridine rings is 1. The van der Waals surface area contributed by atoms with Crippen LogP contribution in [0.15, 0.2) is 42.9 Å². The molecule has 3 heterocycles. The molecule has 176 valence electrons. The molecule has 1 saturated heterocycles. The van der Waals surface area contributed by atoms with Crippen LogP contribution in [0.25, 0.3) is 10.9 Å². The van der Waals surface area contributed by atoms with Gasteiger partial charge in [0.05, 0.1) is 10.5 Å². The lowest BCUT2D eigenvalue weighted by atomic mass is 9.97. The lowest BCUT2D eigenvalue weighted by Crippen LogP contribution is -2.53. The van der Waals surface area contributed by atoms with Crippen LogP contribution in [0.1, 0.15) is 42.1 Å².